The van der Waals surface area contributed by atoms with Crippen LogP contribution in [0.4, 0.5) is 0 Å². The van der Waals surface area contributed by atoms with Gasteiger partial charge in [-0.15, -0.1) is 0 Å². The molecule has 1 saturated heterocycles. The molecule has 4 heteroatoms. The fourth-order valence-corrected chi connectivity index (χ4v) is 3.45. The summed E-state index contributed by atoms with van der Waals surface area (Å²) in [6, 6.07) is 0.662. The SMILES string of the molecule is c1ncc(CNC2CCCC23CCOCC3)[nH]1. The molecule has 1 unspecified atom stereocenters. The van der Waals surface area contributed by atoms with Crippen LogP contribution < -0.4 is 5.32 Å². The van der Waals surface area contributed by atoms with E-state index in [1.807, 2.05) is 6.20 Å². The Morgan fingerprint density at radius 2 is 2.29 bits per heavy atom. The van der Waals surface area contributed by atoms with Crippen LogP contribution in [-0.2, 0) is 11.3 Å². The largest absolute Gasteiger partial charge is 0.381 e. The maximum atomic E-state index is 5.51. The zero-order valence-electron chi connectivity index (χ0n) is 10.2. The molecule has 4 nitrogen and oxygen atoms in total. The van der Waals surface area contributed by atoms with Gasteiger partial charge < -0.3 is 15.0 Å². The van der Waals surface area contributed by atoms with E-state index in [9.17, 15) is 0 Å². The summed E-state index contributed by atoms with van der Waals surface area (Å²) < 4.78 is 5.51. The molecule has 0 amide bonds. The van der Waals surface area contributed by atoms with Gasteiger partial charge in [0.15, 0.2) is 0 Å². The molecule has 0 aromatic carbocycles. The van der Waals surface area contributed by atoms with Crippen molar-refractivity contribution in [2.24, 2.45) is 5.41 Å². The van der Waals surface area contributed by atoms with E-state index in [4.69, 9.17) is 4.74 Å². The van der Waals surface area contributed by atoms with Crippen molar-refractivity contribution >= 4 is 0 Å². The average molecular weight is 235 g/mol. The number of ether oxygens (including phenoxy) is 1. The van der Waals surface area contributed by atoms with Crippen LogP contribution in [0.5, 0.6) is 0 Å². The lowest BCUT2D eigenvalue weighted by molar-refractivity contribution is 0.00411. The Bertz CT molecular complexity index is 344. The quantitative estimate of drug-likeness (QED) is 0.840. The first-order chi connectivity index (χ1) is 8.39. The standard InChI is InChI=1S/C13H21N3O/c1-2-12(15-9-11-8-14-10-16-11)13(3-1)4-6-17-7-5-13/h8,10,12,15H,1-7,9H2,(H,14,16). The second kappa shape index (κ2) is 4.78. The fraction of sp³-hybridized carbons (Fsp3) is 0.769. The minimum atomic E-state index is 0.512. The number of hydrogen-bond donors (Lipinski definition) is 2. The molecular weight excluding hydrogens is 214 g/mol. The Kier molecular flexibility index (Phi) is 3.16. The normalized spacial score (nSPS) is 27.6. The van der Waals surface area contributed by atoms with Crippen molar-refractivity contribution in [1.82, 2.24) is 15.3 Å². The predicted octanol–water partition coefficient (Wildman–Crippen LogP) is 1.85. The van der Waals surface area contributed by atoms with Crippen LogP contribution >= 0.6 is 0 Å². The van der Waals surface area contributed by atoms with Crippen LogP contribution in [0.15, 0.2) is 12.5 Å². The minimum absolute atomic E-state index is 0.512. The van der Waals surface area contributed by atoms with Gasteiger partial charge in [0.1, 0.15) is 0 Å². The summed E-state index contributed by atoms with van der Waals surface area (Å²) in [6.07, 6.45) is 10.2. The molecule has 1 spiro atoms. The van der Waals surface area contributed by atoms with E-state index in [1.165, 1.54) is 37.8 Å². The van der Waals surface area contributed by atoms with Crippen molar-refractivity contribution in [2.45, 2.75) is 44.7 Å². The third kappa shape index (κ3) is 2.24. The van der Waals surface area contributed by atoms with Gasteiger partial charge in [0, 0.05) is 37.7 Å². The summed E-state index contributed by atoms with van der Waals surface area (Å²) in [5.41, 5.74) is 1.69. The topological polar surface area (TPSA) is 49.9 Å². The summed E-state index contributed by atoms with van der Waals surface area (Å²) in [7, 11) is 0. The van der Waals surface area contributed by atoms with Crippen LogP contribution in [0.25, 0.3) is 0 Å². The average Bonchev–Trinajstić information content (AvgIpc) is 2.98. The number of hydrogen-bond acceptors (Lipinski definition) is 3. The summed E-state index contributed by atoms with van der Waals surface area (Å²) in [4.78, 5) is 7.21. The monoisotopic (exact) mass is 235 g/mol. The van der Waals surface area contributed by atoms with E-state index in [1.54, 1.807) is 6.33 Å². The summed E-state index contributed by atoms with van der Waals surface area (Å²) in [6.45, 7) is 2.80. The highest BCUT2D eigenvalue weighted by molar-refractivity contribution is 5.00. The molecule has 2 heterocycles. The Morgan fingerprint density at radius 1 is 1.41 bits per heavy atom. The Balaban J connectivity index is 1.61. The van der Waals surface area contributed by atoms with Crippen LogP contribution in [0, 0.1) is 5.41 Å². The molecule has 0 bridgehead atoms. The maximum absolute atomic E-state index is 5.51. The Hall–Kier alpha value is -0.870. The van der Waals surface area contributed by atoms with Crippen molar-refractivity contribution < 1.29 is 4.74 Å². The number of aromatic amines is 1. The number of nitrogens with zero attached hydrogens (tertiary/aromatic N) is 1. The molecule has 1 aromatic heterocycles. The summed E-state index contributed by atoms with van der Waals surface area (Å²) in [5.74, 6) is 0. The van der Waals surface area contributed by atoms with E-state index in [-0.39, 0.29) is 0 Å². The third-order valence-electron chi connectivity index (χ3n) is 4.49. The molecule has 1 atom stereocenters. The lowest BCUT2D eigenvalue weighted by atomic mass is 9.75. The summed E-state index contributed by atoms with van der Waals surface area (Å²) >= 11 is 0. The first-order valence-electron chi connectivity index (χ1n) is 6.67. The van der Waals surface area contributed by atoms with E-state index in [0.717, 1.165) is 19.8 Å². The second-order valence-corrected chi connectivity index (χ2v) is 5.38. The van der Waals surface area contributed by atoms with Gasteiger partial charge in [0.05, 0.1) is 6.33 Å². The van der Waals surface area contributed by atoms with Gasteiger partial charge in [-0.3, -0.25) is 0 Å². The van der Waals surface area contributed by atoms with Crippen LogP contribution in [0.3, 0.4) is 0 Å². The zero-order chi connectivity index (χ0) is 11.6. The molecule has 2 N–H and O–H groups in total. The molecule has 0 radical (unpaired) electrons. The molecular formula is C13H21N3O. The summed E-state index contributed by atoms with van der Waals surface area (Å²) in [5, 5.41) is 3.72. The van der Waals surface area contributed by atoms with Gasteiger partial charge in [-0.2, -0.15) is 0 Å². The first kappa shape index (κ1) is 11.2. The van der Waals surface area contributed by atoms with Gasteiger partial charge >= 0.3 is 0 Å². The van der Waals surface area contributed by atoms with E-state index in [2.05, 4.69) is 15.3 Å². The number of nitrogens with one attached hydrogen (secondary N) is 2. The molecule has 1 saturated carbocycles. The maximum Gasteiger partial charge on any atom is 0.0922 e. The molecule has 3 rings (SSSR count). The van der Waals surface area contributed by atoms with Crippen LogP contribution in [0.2, 0.25) is 0 Å². The van der Waals surface area contributed by atoms with Crippen molar-refractivity contribution in [1.29, 1.82) is 0 Å². The highest BCUT2D eigenvalue weighted by atomic mass is 16.5. The van der Waals surface area contributed by atoms with Crippen molar-refractivity contribution in [3.63, 3.8) is 0 Å². The number of H-pyrrole nitrogens is 1. The van der Waals surface area contributed by atoms with E-state index >= 15 is 0 Å². The number of imidazole rings is 1. The smallest absolute Gasteiger partial charge is 0.0922 e. The lowest BCUT2D eigenvalue weighted by Gasteiger charge is -2.39. The molecule has 2 aliphatic rings. The molecule has 1 aromatic rings. The molecule has 17 heavy (non-hydrogen) atoms. The lowest BCUT2D eigenvalue weighted by Crippen LogP contribution is -2.44. The highest BCUT2D eigenvalue weighted by Crippen LogP contribution is 2.45. The van der Waals surface area contributed by atoms with E-state index < -0.39 is 0 Å². The fourth-order valence-electron chi connectivity index (χ4n) is 3.45. The molecule has 2 fully saturated rings. The zero-order valence-corrected chi connectivity index (χ0v) is 10.2. The molecule has 1 aliphatic heterocycles. The predicted molar refractivity (Wildman–Crippen MR) is 65.6 cm³/mol. The second-order valence-electron chi connectivity index (χ2n) is 5.38. The van der Waals surface area contributed by atoms with Crippen molar-refractivity contribution in [2.75, 3.05) is 13.2 Å². The number of aromatic nitrogens is 2. The highest BCUT2D eigenvalue weighted by Gasteiger charge is 2.43. The first-order valence-corrected chi connectivity index (χ1v) is 6.67. The van der Waals surface area contributed by atoms with Crippen molar-refractivity contribution in [3.05, 3.63) is 18.2 Å². The number of rotatable bonds is 3. The Labute approximate surface area is 102 Å². The van der Waals surface area contributed by atoms with Crippen LogP contribution in [-0.4, -0.2) is 29.2 Å². The van der Waals surface area contributed by atoms with E-state index in [0.29, 0.717) is 11.5 Å². The molecule has 1 aliphatic carbocycles. The molecule has 94 valence electrons. The van der Waals surface area contributed by atoms with Crippen LogP contribution in [0.1, 0.15) is 37.8 Å². The third-order valence-corrected chi connectivity index (χ3v) is 4.49. The van der Waals surface area contributed by atoms with Gasteiger partial charge in [-0.25, -0.2) is 4.98 Å². The van der Waals surface area contributed by atoms with Gasteiger partial charge in [-0.1, -0.05) is 6.42 Å². The van der Waals surface area contributed by atoms with Gasteiger partial charge in [0.25, 0.3) is 0 Å². The Morgan fingerprint density at radius 3 is 3.06 bits per heavy atom. The van der Waals surface area contributed by atoms with Crippen molar-refractivity contribution in [3.8, 4) is 0 Å². The minimum Gasteiger partial charge on any atom is -0.381 e. The van der Waals surface area contributed by atoms with Gasteiger partial charge in [0.2, 0.25) is 0 Å². The van der Waals surface area contributed by atoms with Gasteiger partial charge in [-0.05, 0) is 31.1 Å².